The molecule has 0 saturated carbocycles. The molecule has 2 aromatic carbocycles. The first-order valence-electron chi connectivity index (χ1n) is 8.32. The summed E-state index contributed by atoms with van der Waals surface area (Å²) in [7, 11) is 4.80. The second kappa shape index (κ2) is 9.11. The van der Waals surface area contributed by atoms with Gasteiger partial charge in [-0.25, -0.2) is 0 Å². The molecule has 28 heavy (non-hydrogen) atoms. The average molecular weight is 463 g/mol. The Labute approximate surface area is 175 Å². The molecule has 0 aliphatic carbocycles. The van der Waals surface area contributed by atoms with Gasteiger partial charge in [0.2, 0.25) is 5.82 Å². The minimum Gasteiger partial charge on any atom is -0.493 e. The van der Waals surface area contributed by atoms with Gasteiger partial charge in [-0.1, -0.05) is 39.8 Å². The largest absolute Gasteiger partial charge is 0.493 e. The van der Waals surface area contributed by atoms with E-state index in [1.807, 2.05) is 24.3 Å². The predicted octanol–water partition coefficient (Wildman–Crippen LogP) is 3.99. The number of methoxy groups -OCH3 is 2. The number of halogens is 1. The first-order valence-corrected chi connectivity index (χ1v) is 10.1. The summed E-state index contributed by atoms with van der Waals surface area (Å²) in [6.07, 6.45) is 0. The number of anilines is 2. The van der Waals surface area contributed by atoms with Gasteiger partial charge in [0.25, 0.3) is 5.56 Å². The minimum atomic E-state index is -0.261. The minimum absolute atomic E-state index is 0.141. The predicted molar refractivity (Wildman–Crippen MR) is 114 cm³/mol. The van der Waals surface area contributed by atoms with Gasteiger partial charge in [-0.15, -0.1) is 10.2 Å². The lowest BCUT2D eigenvalue weighted by Gasteiger charge is -2.12. The Balaban J connectivity index is 1.76. The maximum absolute atomic E-state index is 12.6. The third-order valence-corrected chi connectivity index (χ3v) is 5.58. The lowest BCUT2D eigenvalue weighted by Crippen LogP contribution is -2.24. The molecule has 3 aromatic rings. The Morgan fingerprint density at radius 3 is 2.46 bits per heavy atom. The summed E-state index contributed by atoms with van der Waals surface area (Å²) in [6.45, 7) is 0. The molecule has 7 nitrogen and oxygen atoms in total. The lowest BCUT2D eigenvalue weighted by atomic mass is 10.2. The maximum atomic E-state index is 12.6. The van der Waals surface area contributed by atoms with E-state index in [0.29, 0.717) is 28.1 Å². The van der Waals surface area contributed by atoms with E-state index in [9.17, 15) is 4.79 Å². The number of hydrogen-bond donors (Lipinski definition) is 1. The number of hydrogen-bond acceptors (Lipinski definition) is 7. The first kappa shape index (κ1) is 20.2. The molecule has 0 bridgehead atoms. The van der Waals surface area contributed by atoms with E-state index in [0.717, 1.165) is 10.0 Å². The van der Waals surface area contributed by atoms with Crippen molar-refractivity contribution in [2.45, 2.75) is 10.9 Å². The fourth-order valence-corrected chi connectivity index (χ4v) is 3.56. The van der Waals surface area contributed by atoms with E-state index in [2.05, 4.69) is 31.4 Å². The summed E-state index contributed by atoms with van der Waals surface area (Å²) in [5.41, 5.74) is 1.53. The molecule has 0 radical (unpaired) electrons. The van der Waals surface area contributed by atoms with Crippen LogP contribution in [0, 0.1) is 0 Å². The van der Waals surface area contributed by atoms with Gasteiger partial charge in [-0.2, -0.15) is 0 Å². The third kappa shape index (κ3) is 4.66. The average Bonchev–Trinajstić information content (AvgIpc) is 2.72. The molecule has 0 aliphatic rings. The second-order valence-electron chi connectivity index (χ2n) is 5.81. The van der Waals surface area contributed by atoms with Crippen LogP contribution in [-0.2, 0) is 12.8 Å². The first-order chi connectivity index (χ1) is 13.5. The van der Waals surface area contributed by atoms with Crippen molar-refractivity contribution in [3.8, 4) is 11.5 Å². The van der Waals surface area contributed by atoms with Crippen molar-refractivity contribution >= 4 is 39.2 Å². The highest BCUT2D eigenvalue weighted by Gasteiger charge is 2.12. The molecule has 0 atom stereocenters. The molecule has 3 rings (SSSR count). The van der Waals surface area contributed by atoms with Crippen LogP contribution in [0.4, 0.5) is 11.5 Å². The third-order valence-electron chi connectivity index (χ3n) is 3.96. The smallest absolute Gasteiger partial charge is 0.297 e. The molecule has 9 heteroatoms. The highest BCUT2D eigenvalue weighted by atomic mass is 79.9. The number of ether oxygens (including phenoxy) is 2. The molecule has 0 fully saturated rings. The van der Waals surface area contributed by atoms with Crippen molar-refractivity contribution in [3.63, 3.8) is 0 Å². The molecular formula is C19H19BrN4O3S. The van der Waals surface area contributed by atoms with Crippen LogP contribution in [0.3, 0.4) is 0 Å². The number of nitrogens with one attached hydrogen (secondary N) is 1. The Kier molecular flexibility index (Phi) is 6.58. The maximum Gasteiger partial charge on any atom is 0.297 e. The van der Waals surface area contributed by atoms with E-state index in [1.54, 1.807) is 39.5 Å². The molecule has 0 aliphatic heterocycles. The highest BCUT2D eigenvalue weighted by Crippen LogP contribution is 2.30. The zero-order chi connectivity index (χ0) is 20.1. The fraction of sp³-hybridized carbons (Fsp3) is 0.211. The quantitative estimate of drug-likeness (QED) is 0.531. The second-order valence-corrected chi connectivity index (χ2v) is 7.66. The number of benzene rings is 2. The summed E-state index contributed by atoms with van der Waals surface area (Å²) in [6, 6.07) is 13.3. The van der Waals surface area contributed by atoms with E-state index in [-0.39, 0.29) is 11.4 Å². The van der Waals surface area contributed by atoms with Crippen LogP contribution in [-0.4, -0.2) is 29.0 Å². The van der Waals surface area contributed by atoms with Crippen LogP contribution in [0.25, 0.3) is 0 Å². The topological polar surface area (TPSA) is 78.3 Å². The molecule has 0 amide bonds. The van der Waals surface area contributed by atoms with Gasteiger partial charge in [0.05, 0.1) is 14.2 Å². The van der Waals surface area contributed by atoms with Crippen LogP contribution in [0.1, 0.15) is 5.56 Å². The van der Waals surface area contributed by atoms with E-state index >= 15 is 0 Å². The normalized spacial score (nSPS) is 10.6. The molecule has 1 aromatic heterocycles. The van der Waals surface area contributed by atoms with Crippen molar-refractivity contribution in [1.82, 2.24) is 14.8 Å². The zero-order valence-electron chi connectivity index (χ0n) is 15.6. The van der Waals surface area contributed by atoms with Crippen molar-refractivity contribution in [1.29, 1.82) is 0 Å². The summed E-state index contributed by atoms with van der Waals surface area (Å²) in [4.78, 5) is 12.6. The van der Waals surface area contributed by atoms with Crippen LogP contribution in [0.5, 0.6) is 11.5 Å². The Morgan fingerprint density at radius 2 is 1.79 bits per heavy atom. The Morgan fingerprint density at radius 1 is 1.07 bits per heavy atom. The van der Waals surface area contributed by atoms with E-state index in [1.165, 1.54) is 16.3 Å². The van der Waals surface area contributed by atoms with Gasteiger partial charge >= 0.3 is 0 Å². The fourth-order valence-electron chi connectivity index (χ4n) is 2.43. The van der Waals surface area contributed by atoms with Crippen LogP contribution >= 0.6 is 27.7 Å². The van der Waals surface area contributed by atoms with Gasteiger partial charge in [0, 0.05) is 29.0 Å². The highest BCUT2D eigenvalue weighted by molar-refractivity contribution is 9.10. The Hall–Kier alpha value is -2.52. The zero-order valence-corrected chi connectivity index (χ0v) is 18.0. The number of rotatable bonds is 7. The van der Waals surface area contributed by atoms with Gasteiger partial charge < -0.3 is 14.8 Å². The number of aromatic nitrogens is 3. The summed E-state index contributed by atoms with van der Waals surface area (Å²) in [5.74, 6) is 1.99. The van der Waals surface area contributed by atoms with Gasteiger partial charge in [0.1, 0.15) is 0 Å². The van der Waals surface area contributed by atoms with Gasteiger partial charge in [-0.05, 0) is 29.8 Å². The van der Waals surface area contributed by atoms with E-state index < -0.39 is 0 Å². The molecular weight excluding hydrogens is 444 g/mol. The Bertz CT molecular complexity index is 1020. The van der Waals surface area contributed by atoms with Crippen molar-refractivity contribution < 1.29 is 9.47 Å². The molecule has 1 heterocycles. The van der Waals surface area contributed by atoms with Crippen molar-refractivity contribution in [3.05, 3.63) is 62.9 Å². The van der Waals surface area contributed by atoms with Crippen LogP contribution < -0.4 is 20.3 Å². The molecule has 0 unspecified atom stereocenters. The molecule has 146 valence electrons. The van der Waals surface area contributed by atoms with Gasteiger partial charge in [-0.3, -0.25) is 9.36 Å². The summed E-state index contributed by atoms with van der Waals surface area (Å²) >= 11 is 4.87. The monoisotopic (exact) mass is 462 g/mol. The summed E-state index contributed by atoms with van der Waals surface area (Å²) < 4.78 is 13.0. The molecule has 1 N–H and O–H groups in total. The number of thioether (sulfide) groups is 1. The van der Waals surface area contributed by atoms with Crippen molar-refractivity contribution in [2.24, 2.45) is 7.05 Å². The van der Waals surface area contributed by atoms with Crippen LogP contribution in [0.15, 0.2) is 56.9 Å². The standard InChI is InChI=1S/C19H19BrN4O3S/c1-24-18(25)17(21-14-8-9-15(26-2)16(10-14)27-3)22-23-19(24)28-11-12-4-6-13(20)7-5-12/h4-10H,11H2,1-3H3,(H,21,22). The molecule has 0 saturated heterocycles. The molecule has 0 spiro atoms. The lowest BCUT2D eigenvalue weighted by molar-refractivity contribution is 0.355. The van der Waals surface area contributed by atoms with Crippen LogP contribution in [0.2, 0.25) is 0 Å². The summed E-state index contributed by atoms with van der Waals surface area (Å²) in [5, 5.41) is 11.8. The van der Waals surface area contributed by atoms with Gasteiger partial charge in [0.15, 0.2) is 16.7 Å². The SMILES string of the molecule is COc1ccc(Nc2nnc(SCc3ccc(Br)cc3)n(C)c2=O)cc1OC. The van der Waals surface area contributed by atoms with E-state index in [4.69, 9.17) is 9.47 Å². The number of nitrogens with zero attached hydrogens (tertiary/aromatic N) is 3. The van der Waals surface area contributed by atoms with Crippen molar-refractivity contribution in [2.75, 3.05) is 19.5 Å².